The first-order chi connectivity index (χ1) is 8.83. The summed E-state index contributed by atoms with van der Waals surface area (Å²) in [5.41, 5.74) is 9.48. The molecule has 0 aromatic heterocycles. The molecule has 1 aromatic carbocycles. The van der Waals surface area contributed by atoms with E-state index in [1.54, 1.807) is 11.1 Å². The van der Waals surface area contributed by atoms with Gasteiger partial charge >= 0.3 is 0 Å². The van der Waals surface area contributed by atoms with Crippen LogP contribution >= 0.6 is 11.8 Å². The van der Waals surface area contributed by atoms with Crippen LogP contribution in [0.4, 0.5) is 0 Å². The third-order valence-corrected chi connectivity index (χ3v) is 5.78. The van der Waals surface area contributed by atoms with Crippen molar-refractivity contribution in [1.29, 1.82) is 0 Å². The number of fused-ring (bicyclic) bond motifs is 1. The fraction of sp³-hybridized carbons (Fsp3) is 0.625. The molecule has 2 aliphatic carbocycles. The van der Waals surface area contributed by atoms with Gasteiger partial charge in [-0.3, -0.25) is 0 Å². The maximum Gasteiger partial charge on any atom is 0.0246 e. The van der Waals surface area contributed by atoms with E-state index < -0.39 is 0 Å². The van der Waals surface area contributed by atoms with Crippen LogP contribution in [0, 0.1) is 0 Å². The minimum absolute atomic E-state index is 0.394. The average molecular weight is 261 g/mol. The van der Waals surface area contributed by atoms with Crippen molar-refractivity contribution in [2.45, 2.75) is 67.6 Å². The Morgan fingerprint density at radius 2 is 1.78 bits per heavy atom. The molecule has 0 aliphatic heterocycles. The van der Waals surface area contributed by atoms with Crippen molar-refractivity contribution in [3.63, 3.8) is 0 Å². The quantitative estimate of drug-likeness (QED) is 0.816. The molecule has 0 amide bonds. The number of benzene rings is 1. The van der Waals surface area contributed by atoms with Crippen LogP contribution < -0.4 is 5.73 Å². The van der Waals surface area contributed by atoms with E-state index in [2.05, 4.69) is 18.2 Å². The first kappa shape index (κ1) is 12.6. The first-order valence-corrected chi connectivity index (χ1v) is 8.25. The molecule has 0 radical (unpaired) electrons. The summed E-state index contributed by atoms with van der Waals surface area (Å²) < 4.78 is 0. The highest BCUT2D eigenvalue weighted by Gasteiger charge is 2.22. The standard InChI is InChI=1S/C16H23NS/c17-15-7-2-1-3-8-16(15)18-14-10-9-12-5-4-6-13(12)11-14/h9-11,15-16H,1-8,17H2. The zero-order valence-electron chi connectivity index (χ0n) is 11.0. The summed E-state index contributed by atoms with van der Waals surface area (Å²) in [4.78, 5) is 1.44. The topological polar surface area (TPSA) is 26.0 Å². The van der Waals surface area contributed by atoms with Gasteiger partial charge in [-0.2, -0.15) is 0 Å². The molecule has 3 rings (SSSR count). The lowest BCUT2D eigenvalue weighted by Gasteiger charge is -2.21. The van der Waals surface area contributed by atoms with Crippen molar-refractivity contribution in [1.82, 2.24) is 0 Å². The van der Waals surface area contributed by atoms with Gasteiger partial charge in [-0.05, 0) is 55.4 Å². The Morgan fingerprint density at radius 1 is 0.944 bits per heavy atom. The molecular weight excluding hydrogens is 238 g/mol. The van der Waals surface area contributed by atoms with E-state index in [1.807, 2.05) is 11.8 Å². The van der Waals surface area contributed by atoms with E-state index in [0.29, 0.717) is 11.3 Å². The van der Waals surface area contributed by atoms with Crippen LogP contribution in [0.15, 0.2) is 23.1 Å². The molecule has 2 N–H and O–H groups in total. The highest BCUT2D eigenvalue weighted by Crippen LogP contribution is 2.34. The molecule has 18 heavy (non-hydrogen) atoms. The van der Waals surface area contributed by atoms with E-state index in [-0.39, 0.29) is 0 Å². The van der Waals surface area contributed by atoms with Crippen LogP contribution in [0.2, 0.25) is 0 Å². The molecule has 2 unspecified atom stereocenters. The molecule has 2 aliphatic rings. The van der Waals surface area contributed by atoms with Crippen molar-refractivity contribution >= 4 is 11.8 Å². The van der Waals surface area contributed by atoms with Gasteiger partial charge in [-0.25, -0.2) is 0 Å². The number of aryl methyl sites for hydroxylation is 2. The van der Waals surface area contributed by atoms with Gasteiger partial charge in [0.25, 0.3) is 0 Å². The predicted molar refractivity (Wildman–Crippen MR) is 79.2 cm³/mol. The lowest BCUT2D eigenvalue weighted by Crippen LogP contribution is -2.31. The Kier molecular flexibility index (Phi) is 3.95. The van der Waals surface area contributed by atoms with Gasteiger partial charge in [-0.1, -0.05) is 25.3 Å². The lowest BCUT2D eigenvalue weighted by atomic mass is 10.1. The van der Waals surface area contributed by atoms with Gasteiger partial charge < -0.3 is 5.73 Å². The maximum atomic E-state index is 6.32. The second-order valence-electron chi connectivity index (χ2n) is 5.74. The van der Waals surface area contributed by atoms with Gasteiger partial charge in [0.05, 0.1) is 0 Å². The van der Waals surface area contributed by atoms with Crippen molar-refractivity contribution in [3.05, 3.63) is 29.3 Å². The molecule has 0 spiro atoms. The van der Waals surface area contributed by atoms with Gasteiger partial charge in [0.1, 0.15) is 0 Å². The largest absolute Gasteiger partial charge is 0.327 e. The van der Waals surface area contributed by atoms with Gasteiger partial charge in [-0.15, -0.1) is 11.8 Å². The zero-order chi connectivity index (χ0) is 12.4. The van der Waals surface area contributed by atoms with E-state index in [0.717, 1.165) is 0 Å². The third kappa shape index (κ3) is 2.75. The lowest BCUT2D eigenvalue weighted by molar-refractivity contribution is 0.596. The van der Waals surface area contributed by atoms with Crippen LogP contribution in [0.3, 0.4) is 0 Å². The molecule has 1 aromatic rings. The summed E-state index contributed by atoms with van der Waals surface area (Å²) in [6.07, 6.45) is 10.5. The first-order valence-electron chi connectivity index (χ1n) is 7.37. The normalized spacial score (nSPS) is 27.8. The third-order valence-electron chi connectivity index (χ3n) is 4.36. The Hall–Kier alpha value is -0.470. The summed E-state index contributed by atoms with van der Waals surface area (Å²) in [7, 11) is 0. The highest BCUT2D eigenvalue weighted by atomic mass is 32.2. The zero-order valence-corrected chi connectivity index (χ0v) is 11.8. The van der Waals surface area contributed by atoms with Gasteiger partial charge in [0.15, 0.2) is 0 Å². The molecular formula is C16H23NS. The van der Waals surface area contributed by atoms with Gasteiger partial charge in [0, 0.05) is 16.2 Å². The average Bonchev–Trinajstić information content (AvgIpc) is 2.75. The summed E-state index contributed by atoms with van der Waals surface area (Å²) in [6, 6.07) is 7.47. The van der Waals surface area contributed by atoms with Crippen molar-refractivity contribution in [2.24, 2.45) is 5.73 Å². The van der Waals surface area contributed by atoms with Crippen LogP contribution in [-0.2, 0) is 12.8 Å². The van der Waals surface area contributed by atoms with Crippen LogP contribution in [-0.4, -0.2) is 11.3 Å². The minimum Gasteiger partial charge on any atom is -0.327 e. The maximum absolute atomic E-state index is 6.32. The molecule has 0 saturated heterocycles. The molecule has 0 bridgehead atoms. The number of thioether (sulfide) groups is 1. The monoisotopic (exact) mass is 261 g/mol. The Bertz CT molecular complexity index is 416. The number of rotatable bonds is 2. The molecule has 98 valence electrons. The molecule has 2 atom stereocenters. The van der Waals surface area contributed by atoms with Crippen LogP contribution in [0.1, 0.15) is 49.7 Å². The molecule has 1 fully saturated rings. The summed E-state index contributed by atoms with van der Waals surface area (Å²) in [5.74, 6) is 0. The summed E-state index contributed by atoms with van der Waals surface area (Å²) in [5, 5.41) is 0.631. The smallest absolute Gasteiger partial charge is 0.0246 e. The van der Waals surface area contributed by atoms with Gasteiger partial charge in [0.2, 0.25) is 0 Å². The van der Waals surface area contributed by atoms with E-state index in [9.17, 15) is 0 Å². The van der Waals surface area contributed by atoms with Crippen LogP contribution in [0.25, 0.3) is 0 Å². The Morgan fingerprint density at radius 3 is 2.72 bits per heavy atom. The Balaban J connectivity index is 1.71. The second-order valence-corrected chi connectivity index (χ2v) is 7.05. The summed E-state index contributed by atoms with van der Waals surface area (Å²) in [6.45, 7) is 0. The fourth-order valence-electron chi connectivity index (χ4n) is 3.24. The van der Waals surface area contributed by atoms with Crippen molar-refractivity contribution in [3.8, 4) is 0 Å². The number of hydrogen-bond donors (Lipinski definition) is 1. The molecule has 0 heterocycles. The fourth-order valence-corrected chi connectivity index (χ4v) is 4.55. The van der Waals surface area contributed by atoms with Crippen molar-refractivity contribution < 1.29 is 0 Å². The molecule has 1 nitrogen and oxygen atoms in total. The molecule has 1 saturated carbocycles. The SMILES string of the molecule is NC1CCCCCC1Sc1ccc2c(c1)CCC2. The van der Waals surface area contributed by atoms with E-state index in [4.69, 9.17) is 5.73 Å². The molecule has 2 heteroatoms. The predicted octanol–water partition coefficient (Wildman–Crippen LogP) is 3.93. The summed E-state index contributed by atoms with van der Waals surface area (Å²) >= 11 is 2.03. The Labute approximate surface area is 115 Å². The van der Waals surface area contributed by atoms with E-state index in [1.165, 1.54) is 56.3 Å². The second kappa shape index (κ2) is 5.66. The number of hydrogen-bond acceptors (Lipinski definition) is 2. The van der Waals surface area contributed by atoms with Crippen LogP contribution in [0.5, 0.6) is 0 Å². The van der Waals surface area contributed by atoms with E-state index >= 15 is 0 Å². The number of nitrogens with two attached hydrogens (primary N) is 1. The van der Waals surface area contributed by atoms with Crippen molar-refractivity contribution in [2.75, 3.05) is 0 Å². The highest BCUT2D eigenvalue weighted by molar-refractivity contribution is 8.00. The minimum atomic E-state index is 0.394.